The van der Waals surface area contributed by atoms with Crippen LogP contribution in [0.5, 0.6) is 0 Å². The van der Waals surface area contributed by atoms with Crippen LogP contribution >= 0.6 is 11.8 Å². The van der Waals surface area contributed by atoms with E-state index in [0.717, 1.165) is 11.5 Å². The molecule has 0 aliphatic rings. The first-order chi connectivity index (χ1) is 17.0. The molecule has 2 unspecified atom stereocenters. The Morgan fingerprint density at radius 3 is 2.29 bits per heavy atom. The van der Waals surface area contributed by atoms with Crippen molar-refractivity contribution in [2.24, 2.45) is 0 Å². The van der Waals surface area contributed by atoms with Crippen LogP contribution in [0.3, 0.4) is 0 Å². The fourth-order valence-electron chi connectivity index (χ4n) is 3.66. The number of hydrogen-bond acceptors (Lipinski definition) is 5. The van der Waals surface area contributed by atoms with Crippen molar-refractivity contribution in [2.75, 3.05) is 28.7 Å². The predicted octanol–water partition coefficient (Wildman–Crippen LogP) is 5.89. The molecule has 0 saturated carbocycles. The number of aliphatic carboxylic acids is 1. The zero-order valence-corrected chi connectivity index (χ0v) is 21.4. The van der Waals surface area contributed by atoms with Crippen molar-refractivity contribution in [3.05, 3.63) is 60.2 Å². The van der Waals surface area contributed by atoms with Crippen molar-refractivity contribution in [1.82, 2.24) is 5.32 Å². The zero-order valence-electron chi connectivity index (χ0n) is 20.5. The van der Waals surface area contributed by atoms with E-state index in [-0.39, 0.29) is 6.03 Å². The molecule has 2 amide bonds. The fraction of sp³-hybridized carbons (Fsp3) is 0.481. The lowest BCUT2D eigenvalue weighted by molar-refractivity contribution is -0.140. The zero-order chi connectivity index (χ0) is 25.3. The SMILES string of the molecule is CCCCCCCCCSCCNC(=O)Nc1cccc(NC(C(=O)O)C(O)c2ccccc2)c1. The van der Waals surface area contributed by atoms with Gasteiger partial charge < -0.3 is 26.2 Å². The number of carbonyl (C=O) groups is 2. The lowest BCUT2D eigenvalue weighted by Crippen LogP contribution is -2.35. The molecule has 7 nitrogen and oxygen atoms in total. The number of thioether (sulfide) groups is 1. The van der Waals surface area contributed by atoms with E-state index in [1.54, 1.807) is 54.6 Å². The average molecular weight is 502 g/mol. The second-order valence-corrected chi connectivity index (χ2v) is 9.74. The number of urea groups is 1. The minimum absolute atomic E-state index is 0.308. The van der Waals surface area contributed by atoms with E-state index < -0.39 is 18.1 Å². The number of aliphatic hydroxyl groups excluding tert-OH is 1. The van der Waals surface area contributed by atoms with Crippen LogP contribution < -0.4 is 16.0 Å². The Morgan fingerprint density at radius 2 is 1.57 bits per heavy atom. The van der Waals surface area contributed by atoms with Crippen LogP contribution in [0, 0.1) is 0 Å². The maximum Gasteiger partial charge on any atom is 0.329 e. The van der Waals surface area contributed by atoms with Gasteiger partial charge in [0.1, 0.15) is 6.10 Å². The summed E-state index contributed by atoms with van der Waals surface area (Å²) in [6, 6.07) is 13.9. The normalized spacial score (nSPS) is 12.5. The van der Waals surface area contributed by atoms with E-state index >= 15 is 0 Å². The van der Waals surface area contributed by atoms with Crippen molar-refractivity contribution in [3.8, 4) is 0 Å². The highest BCUT2D eigenvalue weighted by Gasteiger charge is 2.27. The molecule has 192 valence electrons. The van der Waals surface area contributed by atoms with Crippen LogP contribution in [0.4, 0.5) is 16.2 Å². The molecule has 35 heavy (non-hydrogen) atoms. The largest absolute Gasteiger partial charge is 0.480 e. The monoisotopic (exact) mass is 501 g/mol. The Balaban J connectivity index is 1.71. The molecule has 0 saturated heterocycles. The Kier molecular flexibility index (Phi) is 13.7. The summed E-state index contributed by atoms with van der Waals surface area (Å²) in [6.45, 7) is 2.81. The highest BCUT2D eigenvalue weighted by Crippen LogP contribution is 2.22. The second-order valence-electron chi connectivity index (χ2n) is 8.51. The number of nitrogens with one attached hydrogen (secondary N) is 3. The number of carboxylic acids is 1. The molecule has 0 aromatic heterocycles. The minimum Gasteiger partial charge on any atom is -0.480 e. The summed E-state index contributed by atoms with van der Waals surface area (Å²) >= 11 is 1.85. The Bertz CT molecular complexity index is 882. The Hall–Kier alpha value is -2.71. The number of hydrogen-bond donors (Lipinski definition) is 5. The molecule has 2 aromatic rings. The summed E-state index contributed by atoms with van der Waals surface area (Å²) in [5.74, 6) is 0.804. The van der Waals surface area contributed by atoms with Crippen LogP contribution in [-0.4, -0.2) is 46.3 Å². The van der Waals surface area contributed by atoms with Gasteiger partial charge in [0.15, 0.2) is 6.04 Å². The maximum atomic E-state index is 12.2. The minimum atomic E-state index is -1.24. The molecule has 2 rings (SSSR count). The lowest BCUT2D eigenvalue weighted by atomic mass is 10.0. The number of carboxylic acid groups (broad SMARTS) is 1. The number of amides is 2. The van der Waals surface area contributed by atoms with Gasteiger partial charge >= 0.3 is 12.0 Å². The van der Waals surface area contributed by atoms with Crippen LogP contribution in [0.15, 0.2) is 54.6 Å². The number of aliphatic hydroxyl groups is 1. The first-order valence-electron chi connectivity index (χ1n) is 12.5. The molecule has 5 N–H and O–H groups in total. The van der Waals surface area contributed by atoms with Crippen LogP contribution in [0.1, 0.15) is 63.5 Å². The summed E-state index contributed by atoms with van der Waals surface area (Å²) in [6.07, 6.45) is 7.88. The van der Waals surface area contributed by atoms with Crippen molar-refractivity contribution in [3.63, 3.8) is 0 Å². The molecule has 0 heterocycles. The number of rotatable bonds is 17. The highest BCUT2D eigenvalue weighted by atomic mass is 32.2. The lowest BCUT2D eigenvalue weighted by Gasteiger charge is -2.22. The van der Waals surface area contributed by atoms with Crippen molar-refractivity contribution in [1.29, 1.82) is 0 Å². The fourth-order valence-corrected chi connectivity index (χ4v) is 4.52. The van der Waals surface area contributed by atoms with Gasteiger partial charge in [-0.25, -0.2) is 9.59 Å². The van der Waals surface area contributed by atoms with Gasteiger partial charge in [0, 0.05) is 23.7 Å². The quantitative estimate of drug-likeness (QED) is 0.173. The van der Waals surface area contributed by atoms with Gasteiger partial charge in [0.05, 0.1) is 0 Å². The molecular weight excluding hydrogens is 462 g/mol. The number of anilines is 2. The third-order valence-electron chi connectivity index (χ3n) is 5.59. The molecule has 0 radical (unpaired) electrons. The standard InChI is InChI=1S/C27H39N3O4S/c1-2-3-4-5-6-7-11-18-35-19-17-28-27(34)30-23-16-12-15-22(20-23)29-24(26(32)33)25(31)21-13-9-8-10-14-21/h8-10,12-16,20,24-25,29,31H,2-7,11,17-19H2,1H3,(H,32,33)(H2,28,30,34). The number of carbonyl (C=O) groups excluding carboxylic acids is 1. The van der Waals surface area contributed by atoms with Gasteiger partial charge in [-0.3, -0.25) is 0 Å². The molecule has 0 aliphatic heterocycles. The molecule has 0 aliphatic carbocycles. The first-order valence-corrected chi connectivity index (χ1v) is 13.6. The topological polar surface area (TPSA) is 111 Å². The summed E-state index contributed by atoms with van der Waals surface area (Å²) in [5, 5.41) is 28.6. The van der Waals surface area contributed by atoms with Gasteiger partial charge in [-0.15, -0.1) is 0 Å². The summed E-state index contributed by atoms with van der Waals surface area (Å²) < 4.78 is 0. The van der Waals surface area contributed by atoms with Crippen molar-refractivity contribution in [2.45, 2.75) is 64.0 Å². The van der Waals surface area contributed by atoms with Crippen LogP contribution in [0.2, 0.25) is 0 Å². The molecule has 0 spiro atoms. The Morgan fingerprint density at radius 1 is 0.886 bits per heavy atom. The van der Waals surface area contributed by atoms with E-state index in [1.807, 2.05) is 11.8 Å². The first kappa shape index (κ1) is 28.5. The molecular formula is C27H39N3O4S. The molecule has 2 atom stereocenters. The van der Waals surface area contributed by atoms with E-state index in [9.17, 15) is 19.8 Å². The third-order valence-corrected chi connectivity index (χ3v) is 6.66. The van der Waals surface area contributed by atoms with Gasteiger partial charge in [-0.05, 0) is 35.9 Å². The van der Waals surface area contributed by atoms with Crippen LogP contribution in [-0.2, 0) is 4.79 Å². The van der Waals surface area contributed by atoms with E-state index in [4.69, 9.17) is 0 Å². The smallest absolute Gasteiger partial charge is 0.329 e. The highest BCUT2D eigenvalue weighted by molar-refractivity contribution is 7.99. The van der Waals surface area contributed by atoms with Gasteiger partial charge in [-0.2, -0.15) is 11.8 Å². The summed E-state index contributed by atoms with van der Waals surface area (Å²) in [7, 11) is 0. The second kappa shape index (κ2) is 16.8. The Labute approximate surface area is 213 Å². The van der Waals surface area contributed by atoms with E-state index in [2.05, 4.69) is 22.9 Å². The number of benzene rings is 2. The van der Waals surface area contributed by atoms with Crippen molar-refractivity contribution < 1.29 is 19.8 Å². The third kappa shape index (κ3) is 11.5. The van der Waals surface area contributed by atoms with Crippen molar-refractivity contribution >= 4 is 35.1 Å². The molecule has 0 fully saturated rings. The van der Waals surface area contributed by atoms with Crippen LogP contribution in [0.25, 0.3) is 0 Å². The number of unbranched alkanes of at least 4 members (excludes halogenated alkanes) is 6. The maximum absolute atomic E-state index is 12.2. The average Bonchev–Trinajstić information content (AvgIpc) is 2.86. The van der Waals surface area contributed by atoms with Gasteiger partial charge in [0.25, 0.3) is 0 Å². The summed E-state index contributed by atoms with van der Waals surface area (Å²) in [4.78, 5) is 24.0. The predicted molar refractivity (Wildman–Crippen MR) is 145 cm³/mol. The van der Waals surface area contributed by atoms with E-state index in [0.29, 0.717) is 23.5 Å². The van der Waals surface area contributed by atoms with Gasteiger partial charge in [-0.1, -0.05) is 81.8 Å². The molecule has 8 heteroatoms. The van der Waals surface area contributed by atoms with E-state index in [1.165, 1.54) is 44.9 Å². The summed E-state index contributed by atoms with van der Waals surface area (Å²) in [5.41, 5.74) is 1.52. The van der Waals surface area contributed by atoms with Gasteiger partial charge in [0.2, 0.25) is 0 Å². The molecule has 0 bridgehead atoms. The molecule has 2 aromatic carbocycles.